The van der Waals surface area contributed by atoms with E-state index in [0.29, 0.717) is 5.69 Å². The van der Waals surface area contributed by atoms with Crippen molar-refractivity contribution in [2.24, 2.45) is 0 Å². The molecule has 0 saturated heterocycles. The fraction of sp³-hybridized carbons (Fsp3) is 0.200. The first-order chi connectivity index (χ1) is 9.17. The summed E-state index contributed by atoms with van der Waals surface area (Å²) in [6.07, 6.45) is 0. The largest absolute Gasteiger partial charge is 0.497 e. The highest BCUT2D eigenvalue weighted by atomic mass is 19.1. The van der Waals surface area contributed by atoms with Crippen LogP contribution in [0.1, 0.15) is 5.56 Å². The number of hydrogen-bond acceptors (Lipinski definition) is 3. The predicted octanol–water partition coefficient (Wildman–Crippen LogP) is 3.09. The van der Waals surface area contributed by atoms with Gasteiger partial charge in [-0.2, -0.15) is 0 Å². The Balaban J connectivity index is 2.43. The van der Waals surface area contributed by atoms with Crippen molar-refractivity contribution < 1.29 is 14.2 Å². The van der Waals surface area contributed by atoms with Crippen LogP contribution >= 0.6 is 0 Å². The highest BCUT2D eigenvalue weighted by Crippen LogP contribution is 2.30. The van der Waals surface area contributed by atoms with Crippen LogP contribution in [0.5, 0.6) is 5.75 Å². The van der Waals surface area contributed by atoms with Crippen molar-refractivity contribution in [3.63, 3.8) is 0 Å². The van der Waals surface area contributed by atoms with Crippen LogP contribution < -0.4 is 9.64 Å². The Morgan fingerprint density at radius 3 is 2.63 bits per heavy atom. The van der Waals surface area contributed by atoms with E-state index in [9.17, 15) is 9.50 Å². The Morgan fingerprint density at radius 1 is 1.21 bits per heavy atom. The minimum absolute atomic E-state index is 0.285. The molecule has 1 N–H and O–H groups in total. The molecule has 0 unspecified atom stereocenters. The van der Waals surface area contributed by atoms with Gasteiger partial charge < -0.3 is 14.7 Å². The molecular weight excluding hydrogens is 245 g/mol. The molecule has 0 bridgehead atoms. The second-order valence-corrected chi connectivity index (χ2v) is 4.16. The summed E-state index contributed by atoms with van der Waals surface area (Å²) in [5, 5.41) is 9.30. The van der Waals surface area contributed by atoms with E-state index in [0.717, 1.165) is 11.4 Å². The predicted molar refractivity (Wildman–Crippen MR) is 73.4 cm³/mol. The third-order valence-electron chi connectivity index (χ3n) is 3.05. The molecule has 4 heteroatoms. The second kappa shape index (κ2) is 5.71. The summed E-state index contributed by atoms with van der Waals surface area (Å²) < 4.78 is 18.8. The quantitative estimate of drug-likeness (QED) is 0.918. The highest BCUT2D eigenvalue weighted by molar-refractivity contribution is 5.67. The molecule has 2 aromatic rings. The van der Waals surface area contributed by atoms with Crippen molar-refractivity contribution in [2.75, 3.05) is 19.1 Å². The summed E-state index contributed by atoms with van der Waals surface area (Å²) in [6, 6.07) is 12.2. The Labute approximate surface area is 111 Å². The highest BCUT2D eigenvalue weighted by Gasteiger charge is 2.12. The van der Waals surface area contributed by atoms with E-state index in [1.54, 1.807) is 19.2 Å². The van der Waals surface area contributed by atoms with Gasteiger partial charge in [0.2, 0.25) is 0 Å². The number of benzene rings is 2. The summed E-state index contributed by atoms with van der Waals surface area (Å²) in [5.41, 5.74) is 1.78. The maximum absolute atomic E-state index is 13.7. The SMILES string of the molecule is COc1cccc(N(C)c2cccc(F)c2CO)c1. The average Bonchev–Trinajstić information content (AvgIpc) is 2.46. The number of methoxy groups -OCH3 is 1. The van der Waals surface area contributed by atoms with Crippen molar-refractivity contribution in [1.29, 1.82) is 0 Å². The van der Waals surface area contributed by atoms with E-state index in [1.165, 1.54) is 6.07 Å². The summed E-state index contributed by atoms with van der Waals surface area (Å²) in [4.78, 5) is 1.82. The minimum atomic E-state index is -0.408. The van der Waals surface area contributed by atoms with Gasteiger partial charge in [-0.15, -0.1) is 0 Å². The first kappa shape index (κ1) is 13.4. The summed E-state index contributed by atoms with van der Waals surface area (Å²) >= 11 is 0. The van der Waals surface area contributed by atoms with Gasteiger partial charge in [-0.05, 0) is 24.3 Å². The van der Waals surface area contributed by atoms with Gasteiger partial charge in [-0.3, -0.25) is 0 Å². The Morgan fingerprint density at radius 2 is 1.95 bits per heavy atom. The second-order valence-electron chi connectivity index (χ2n) is 4.16. The van der Waals surface area contributed by atoms with Gasteiger partial charge in [0.25, 0.3) is 0 Å². The zero-order valence-corrected chi connectivity index (χ0v) is 10.9. The zero-order chi connectivity index (χ0) is 13.8. The van der Waals surface area contributed by atoms with Crippen LogP contribution in [0.15, 0.2) is 42.5 Å². The van der Waals surface area contributed by atoms with E-state index >= 15 is 0 Å². The number of hydrogen-bond donors (Lipinski definition) is 1. The molecule has 0 aliphatic rings. The van der Waals surface area contributed by atoms with Crippen molar-refractivity contribution in [3.8, 4) is 5.75 Å². The van der Waals surface area contributed by atoms with Crippen molar-refractivity contribution >= 4 is 11.4 Å². The molecule has 0 spiro atoms. The third-order valence-corrected chi connectivity index (χ3v) is 3.05. The van der Waals surface area contributed by atoms with Gasteiger partial charge in [-0.25, -0.2) is 4.39 Å². The van der Waals surface area contributed by atoms with Gasteiger partial charge in [-0.1, -0.05) is 12.1 Å². The molecule has 0 aliphatic heterocycles. The van der Waals surface area contributed by atoms with Crippen LogP contribution in [0.25, 0.3) is 0 Å². The van der Waals surface area contributed by atoms with Gasteiger partial charge in [0.05, 0.1) is 13.7 Å². The molecule has 100 valence electrons. The zero-order valence-electron chi connectivity index (χ0n) is 10.9. The molecule has 19 heavy (non-hydrogen) atoms. The Bertz CT molecular complexity index is 572. The van der Waals surface area contributed by atoms with E-state index in [2.05, 4.69) is 0 Å². The number of anilines is 2. The molecule has 3 nitrogen and oxygen atoms in total. The van der Waals surface area contributed by atoms with Gasteiger partial charge in [0.1, 0.15) is 11.6 Å². The first-order valence-corrected chi connectivity index (χ1v) is 5.93. The molecule has 0 amide bonds. The lowest BCUT2D eigenvalue weighted by molar-refractivity contribution is 0.276. The monoisotopic (exact) mass is 261 g/mol. The molecule has 0 saturated carbocycles. The van der Waals surface area contributed by atoms with Gasteiger partial charge >= 0.3 is 0 Å². The molecule has 0 aromatic heterocycles. The number of ether oxygens (including phenoxy) is 1. The van der Waals surface area contributed by atoms with Gasteiger partial charge in [0.15, 0.2) is 0 Å². The Kier molecular flexibility index (Phi) is 4.02. The Hall–Kier alpha value is -2.07. The summed E-state index contributed by atoms with van der Waals surface area (Å²) in [7, 11) is 3.42. The smallest absolute Gasteiger partial charge is 0.130 e. The van der Waals surface area contributed by atoms with Crippen molar-refractivity contribution in [2.45, 2.75) is 6.61 Å². The average molecular weight is 261 g/mol. The summed E-state index contributed by atoms with van der Waals surface area (Å²) in [6.45, 7) is -0.337. The molecule has 0 heterocycles. The summed E-state index contributed by atoms with van der Waals surface area (Å²) in [5.74, 6) is 0.320. The lowest BCUT2D eigenvalue weighted by atomic mass is 10.1. The van der Waals surface area contributed by atoms with Gasteiger partial charge in [0, 0.05) is 30.1 Å². The van der Waals surface area contributed by atoms with Crippen LogP contribution in [-0.2, 0) is 6.61 Å². The van der Waals surface area contributed by atoms with Crippen LogP contribution in [0, 0.1) is 5.82 Å². The number of halogens is 1. The lowest BCUT2D eigenvalue weighted by Crippen LogP contribution is -2.12. The van der Waals surface area contributed by atoms with Crippen LogP contribution in [0.3, 0.4) is 0 Å². The standard InChI is InChI=1S/C15H16FNO2/c1-17(11-5-3-6-12(9-11)19-2)15-8-4-7-14(16)13(15)10-18/h3-9,18H,10H2,1-2H3. The number of rotatable bonds is 4. The van der Waals surface area contributed by atoms with Crippen LogP contribution in [0.4, 0.5) is 15.8 Å². The molecule has 0 atom stereocenters. The maximum atomic E-state index is 13.7. The van der Waals surface area contributed by atoms with E-state index in [1.807, 2.05) is 36.2 Å². The lowest BCUT2D eigenvalue weighted by Gasteiger charge is -2.22. The van der Waals surface area contributed by atoms with E-state index in [4.69, 9.17) is 4.74 Å². The molecule has 0 fully saturated rings. The first-order valence-electron chi connectivity index (χ1n) is 5.93. The van der Waals surface area contributed by atoms with E-state index in [-0.39, 0.29) is 12.2 Å². The third kappa shape index (κ3) is 2.69. The maximum Gasteiger partial charge on any atom is 0.130 e. The number of nitrogens with zero attached hydrogens (tertiary/aromatic N) is 1. The molecule has 0 radical (unpaired) electrons. The van der Waals surface area contributed by atoms with Crippen LogP contribution in [0.2, 0.25) is 0 Å². The van der Waals surface area contributed by atoms with Crippen molar-refractivity contribution in [1.82, 2.24) is 0 Å². The van der Waals surface area contributed by atoms with E-state index < -0.39 is 5.82 Å². The van der Waals surface area contributed by atoms with Crippen LogP contribution in [-0.4, -0.2) is 19.3 Å². The molecular formula is C15H16FNO2. The number of aliphatic hydroxyl groups is 1. The fourth-order valence-corrected chi connectivity index (χ4v) is 1.98. The number of aliphatic hydroxyl groups excluding tert-OH is 1. The fourth-order valence-electron chi connectivity index (χ4n) is 1.98. The molecule has 2 rings (SSSR count). The normalized spacial score (nSPS) is 10.3. The molecule has 0 aliphatic carbocycles. The van der Waals surface area contributed by atoms with Crippen molar-refractivity contribution in [3.05, 3.63) is 53.8 Å². The minimum Gasteiger partial charge on any atom is -0.497 e. The molecule has 2 aromatic carbocycles. The topological polar surface area (TPSA) is 32.7 Å².